The number of likely N-dealkylation sites (N-methyl/N-ethyl adjacent to an activating group) is 1. The Bertz CT molecular complexity index is 379. The number of nitrogens with zero attached hydrogens (tertiary/aromatic N) is 1. The number of carboxylic acids is 1. The highest BCUT2D eigenvalue weighted by Crippen LogP contribution is 1.98. The minimum Gasteiger partial charge on any atom is -0.480 e. The van der Waals surface area contributed by atoms with Crippen LogP contribution in [0.1, 0.15) is 19.8 Å². The third-order valence-corrected chi connectivity index (χ3v) is 3.40. The molecule has 0 aromatic carbocycles. The number of rotatable bonds is 7. The molecule has 0 aliphatic heterocycles. The van der Waals surface area contributed by atoms with Crippen LogP contribution in [-0.2, 0) is 19.6 Å². The summed E-state index contributed by atoms with van der Waals surface area (Å²) in [6.07, 6.45) is 1.89. The molecule has 0 rings (SSSR count). The second-order valence-electron chi connectivity index (χ2n) is 3.77. The van der Waals surface area contributed by atoms with Crippen molar-refractivity contribution in [3.05, 3.63) is 0 Å². The molecule has 0 radical (unpaired) electrons. The number of sulfonamides is 1. The maximum absolute atomic E-state index is 11.4. The van der Waals surface area contributed by atoms with Gasteiger partial charge in [0.2, 0.25) is 15.9 Å². The molecule has 0 saturated heterocycles. The van der Waals surface area contributed by atoms with Crippen molar-refractivity contribution in [1.82, 2.24) is 9.62 Å². The molecule has 0 fully saturated rings. The highest BCUT2D eigenvalue weighted by atomic mass is 32.2. The van der Waals surface area contributed by atoms with E-state index in [1.165, 1.54) is 7.05 Å². The van der Waals surface area contributed by atoms with Gasteiger partial charge in [-0.25, -0.2) is 13.2 Å². The maximum atomic E-state index is 11.4. The predicted octanol–water partition coefficient (Wildman–Crippen LogP) is -0.753. The number of carbonyl (C=O) groups is 2. The largest absolute Gasteiger partial charge is 0.480 e. The summed E-state index contributed by atoms with van der Waals surface area (Å²) in [5.41, 5.74) is 0. The Hall–Kier alpha value is -1.15. The number of amides is 1. The predicted molar refractivity (Wildman–Crippen MR) is 61.9 cm³/mol. The summed E-state index contributed by atoms with van der Waals surface area (Å²) in [5, 5.41) is 11.1. The Morgan fingerprint density at radius 1 is 1.41 bits per heavy atom. The van der Waals surface area contributed by atoms with E-state index < -0.39 is 27.9 Å². The van der Waals surface area contributed by atoms with E-state index in [-0.39, 0.29) is 6.54 Å². The molecule has 1 amide bonds. The van der Waals surface area contributed by atoms with Crippen LogP contribution in [0, 0.1) is 0 Å². The van der Waals surface area contributed by atoms with E-state index in [0.717, 1.165) is 10.6 Å². The smallest absolute Gasteiger partial charge is 0.326 e. The molecule has 0 heterocycles. The molecule has 0 aliphatic carbocycles. The molecule has 8 heteroatoms. The molecule has 0 saturated carbocycles. The van der Waals surface area contributed by atoms with Crippen LogP contribution >= 0.6 is 0 Å². The summed E-state index contributed by atoms with van der Waals surface area (Å²) in [6, 6.07) is -0.972. The quantitative estimate of drug-likeness (QED) is 0.631. The second kappa shape index (κ2) is 6.55. The third kappa shape index (κ3) is 6.22. The van der Waals surface area contributed by atoms with Gasteiger partial charge in [-0.05, 0) is 6.42 Å². The van der Waals surface area contributed by atoms with Crippen LogP contribution in [-0.4, -0.2) is 55.6 Å². The highest BCUT2D eigenvalue weighted by Gasteiger charge is 2.21. The van der Waals surface area contributed by atoms with Gasteiger partial charge in [0.15, 0.2) is 0 Å². The minimum absolute atomic E-state index is 0.309. The summed E-state index contributed by atoms with van der Waals surface area (Å²) in [4.78, 5) is 22.2. The van der Waals surface area contributed by atoms with Crippen molar-refractivity contribution < 1.29 is 23.1 Å². The summed E-state index contributed by atoms with van der Waals surface area (Å²) >= 11 is 0. The Kier molecular flexibility index (Phi) is 6.11. The van der Waals surface area contributed by atoms with Gasteiger partial charge in [-0.15, -0.1) is 0 Å². The zero-order valence-corrected chi connectivity index (χ0v) is 11.0. The SMILES string of the molecule is CCCC(NC(=O)CN(C)S(C)(=O)=O)C(=O)O. The number of carboxylic acid groups (broad SMARTS) is 1. The number of nitrogens with one attached hydrogen (secondary N) is 1. The lowest BCUT2D eigenvalue weighted by Crippen LogP contribution is -2.45. The van der Waals surface area contributed by atoms with Crippen LogP contribution < -0.4 is 5.32 Å². The van der Waals surface area contributed by atoms with E-state index in [1.807, 2.05) is 0 Å². The third-order valence-electron chi connectivity index (χ3n) is 2.14. The first-order valence-corrected chi connectivity index (χ1v) is 6.96. The average Bonchev–Trinajstić information content (AvgIpc) is 2.15. The first kappa shape index (κ1) is 15.9. The van der Waals surface area contributed by atoms with E-state index in [2.05, 4.69) is 5.32 Å². The minimum atomic E-state index is -3.44. The molecule has 1 unspecified atom stereocenters. The van der Waals surface area contributed by atoms with Crippen molar-refractivity contribution >= 4 is 21.9 Å². The van der Waals surface area contributed by atoms with Gasteiger partial charge in [0.25, 0.3) is 0 Å². The van der Waals surface area contributed by atoms with E-state index in [9.17, 15) is 18.0 Å². The molecule has 0 aromatic heterocycles. The van der Waals surface area contributed by atoms with Gasteiger partial charge < -0.3 is 10.4 Å². The van der Waals surface area contributed by atoms with Gasteiger partial charge in [-0.2, -0.15) is 4.31 Å². The van der Waals surface area contributed by atoms with Crippen molar-refractivity contribution in [3.8, 4) is 0 Å². The van der Waals surface area contributed by atoms with Crippen LogP contribution in [0.3, 0.4) is 0 Å². The molecule has 100 valence electrons. The molecule has 0 spiro atoms. The van der Waals surface area contributed by atoms with Crippen molar-refractivity contribution in [2.75, 3.05) is 19.8 Å². The lowest BCUT2D eigenvalue weighted by atomic mass is 10.2. The van der Waals surface area contributed by atoms with Gasteiger partial charge in [0.05, 0.1) is 12.8 Å². The van der Waals surface area contributed by atoms with Crippen molar-refractivity contribution in [1.29, 1.82) is 0 Å². The normalized spacial score (nSPS) is 13.4. The lowest BCUT2D eigenvalue weighted by molar-refractivity contribution is -0.142. The fourth-order valence-corrected chi connectivity index (χ4v) is 1.46. The number of hydrogen-bond donors (Lipinski definition) is 2. The Morgan fingerprint density at radius 2 is 1.94 bits per heavy atom. The topological polar surface area (TPSA) is 104 Å². The first-order valence-electron chi connectivity index (χ1n) is 5.12. The summed E-state index contributed by atoms with van der Waals surface area (Å²) < 4.78 is 22.9. The highest BCUT2D eigenvalue weighted by molar-refractivity contribution is 7.88. The summed E-state index contributed by atoms with van der Waals surface area (Å²) in [7, 11) is -2.19. The van der Waals surface area contributed by atoms with Crippen LogP contribution in [0.5, 0.6) is 0 Å². The van der Waals surface area contributed by atoms with Gasteiger partial charge in [-0.3, -0.25) is 4.79 Å². The number of aliphatic carboxylic acids is 1. The van der Waals surface area contributed by atoms with Gasteiger partial charge in [0, 0.05) is 7.05 Å². The van der Waals surface area contributed by atoms with E-state index in [4.69, 9.17) is 5.11 Å². The maximum Gasteiger partial charge on any atom is 0.326 e. The summed E-state index contributed by atoms with van der Waals surface area (Å²) in [6.45, 7) is 1.41. The molecule has 1 atom stereocenters. The number of hydrogen-bond acceptors (Lipinski definition) is 4. The standard InChI is InChI=1S/C9H18N2O5S/c1-4-5-7(9(13)14)10-8(12)6-11(2)17(3,15)16/h7H,4-6H2,1-3H3,(H,10,12)(H,13,14). The molecule has 0 aliphatic rings. The van der Waals surface area contributed by atoms with Crippen LogP contribution in [0.4, 0.5) is 0 Å². The Labute approximate surface area is 101 Å². The molecule has 0 bridgehead atoms. The zero-order chi connectivity index (χ0) is 13.6. The molecule has 2 N–H and O–H groups in total. The lowest BCUT2D eigenvalue weighted by Gasteiger charge is -2.17. The van der Waals surface area contributed by atoms with Crippen LogP contribution in [0.25, 0.3) is 0 Å². The second-order valence-corrected chi connectivity index (χ2v) is 5.86. The Morgan fingerprint density at radius 3 is 2.29 bits per heavy atom. The Balaban J connectivity index is 4.39. The fraction of sp³-hybridized carbons (Fsp3) is 0.778. The van der Waals surface area contributed by atoms with Gasteiger partial charge in [0.1, 0.15) is 6.04 Å². The number of carbonyl (C=O) groups excluding carboxylic acids is 1. The first-order chi connectivity index (χ1) is 7.68. The fourth-order valence-electron chi connectivity index (χ4n) is 1.11. The molecule has 7 nitrogen and oxygen atoms in total. The van der Waals surface area contributed by atoms with E-state index >= 15 is 0 Å². The molecule has 17 heavy (non-hydrogen) atoms. The van der Waals surface area contributed by atoms with Gasteiger partial charge in [-0.1, -0.05) is 13.3 Å². The summed E-state index contributed by atoms with van der Waals surface area (Å²) in [5.74, 6) is -1.75. The van der Waals surface area contributed by atoms with Gasteiger partial charge >= 0.3 is 5.97 Å². The average molecular weight is 266 g/mol. The van der Waals surface area contributed by atoms with Crippen LogP contribution in [0.2, 0.25) is 0 Å². The zero-order valence-electron chi connectivity index (χ0n) is 10.1. The molecule has 0 aromatic rings. The van der Waals surface area contributed by atoms with E-state index in [0.29, 0.717) is 12.8 Å². The van der Waals surface area contributed by atoms with E-state index in [1.54, 1.807) is 6.92 Å². The molecular weight excluding hydrogens is 248 g/mol. The molecular formula is C9H18N2O5S. The monoisotopic (exact) mass is 266 g/mol. The van der Waals surface area contributed by atoms with Crippen molar-refractivity contribution in [2.45, 2.75) is 25.8 Å². The van der Waals surface area contributed by atoms with Crippen molar-refractivity contribution in [2.24, 2.45) is 0 Å². The van der Waals surface area contributed by atoms with Crippen LogP contribution in [0.15, 0.2) is 0 Å². The van der Waals surface area contributed by atoms with Crippen molar-refractivity contribution in [3.63, 3.8) is 0 Å².